The van der Waals surface area contributed by atoms with E-state index in [9.17, 15) is 9.59 Å². The molecule has 2 aromatic rings. The third kappa shape index (κ3) is 3.99. The summed E-state index contributed by atoms with van der Waals surface area (Å²) < 4.78 is 0. The minimum absolute atomic E-state index is 0.265. The van der Waals surface area contributed by atoms with Crippen molar-refractivity contribution in [3.8, 4) is 0 Å². The molecule has 7 nitrogen and oxygen atoms in total. The van der Waals surface area contributed by atoms with Gasteiger partial charge >= 0.3 is 6.03 Å². The summed E-state index contributed by atoms with van der Waals surface area (Å²) in [6.07, 6.45) is 2.04. The molecule has 25 heavy (non-hydrogen) atoms. The number of likely N-dealkylation sites (tertiary alicyclic amines) is 1. The number of para-hydroxylation sites is 2. The summed E-state index contributed by atoms with van der Waals surface area (Å²) in [5.74, 6) is 0.972. The van der Waals surface area contributed by atoms with Crippen LogP contribution in [0.5, 0.6) is 0 Å². The Morgan fingerprint density at radius 1 is 1.40 bits per heavy atom. The SMILES string of the molecule is CCNC(=O)NC(=O)[C@@H](C)N1CCC[C@H](c2nc3ccccc3[nH]2)C1. The minimum Gasteiger partial charge on any atom is -0.342 e. The maximum absolute atomic E-state index is 12.3. The molecule has 7 heteroatoms. The molecule has 2 heterocycles. The zero-order chi connectivity index (χ0) is 17.8. The highest BCUT2D eigenvalue weighted by molar-refractivity contribution is 5.96. The number of carbonyl (C=O) groups excluding carboxylic acids is 2. The first kappa shape index (κ1) is 17.4. The van der Waals surface area contributed by atoms with Gasteiger partial charge in [-0.1, -0.05) is 12.1 Å². The van der Waals surface area contributed by atoms with Crippen molar-refractivity contribution in [3.63, 3.8) is 0 Å². The highest BCUT2D eigenvalue weighted by atomic mass is 16.2. The molecule has 0 spiro atoms. The standard InChI is InChI=1S/C18H25N5O2/c1-3-19-18(25)22-17(24)12(2)23-10-6-7-13(11-23)16-20-14-8-4-5-9-15(14)21-16/h4-5,8-9,12-13H,3,6-7,10-11H2,1-2H3,(H,20,21)(H2,19,22,24,25)/t12-,13+/m1/s1. The summed E-state index contributed by atoms with van der Waals surface area (Å²) >= 11 is 0. The topological polar surface area (TPSA) is 90.1 Å². The predicted octanol–water partition coefficient (Wildman–Crippen LogP) is 1.98. The van der Waals surface area contributed by atoms with E-state index in [1.165, 1.54) is 0 Å². The Bertz CT molecular complexity index is 724. The number of fused-ring (bicyclic) bond motifs is 1. The third-order valence-electron chi connectivity index (χ3n) is 4.75. The Hall–Kier alpha value is -2.41. The van der Waals surface area contributed by atoms with Gasteiger partial charge in [-0.15, -0.1) is 0 Å². The first-order valence-electron chi connectivity index (χ1n) is 8.86. The molecule has 0 unspecified atom stereocenters. The number of nitrogens with zero attached hydrogens (tertiary/aromatic N) is 2. The van der Waals surface area contributed by atoms with E-state index in [0.717, 1.165) is 42.8 Å². The second-order valence-electron chi connectivity index (χ2n) is 6.50. The molecule has 1 fully saturated rings. The van der Waals surface area contributed by atoms with Gasteiger partial charge in [0.1, 0.15) is 5.82 Å². The predicted molar refractivity (Wildman–Crippen MR) is 96.3 cm³/mol. The number of hydrogen-bond acceptors (Lipinski definition) is 4. The summed E-state index contributed by atoms with van der Waals surface area (Å²) in [6.45, 7) is 5.75. The van der Waals surface area contributed by atoms with E-state index in [0.29, 0.717) is 6.54 Å². The van der Waals surface area contributed by atoms with Crippen LogP contribution in [0.3, 0.4) is 0 Å². The van der Waals surface area contributed by atoms with Crippen LogP contribution in [-0.4, -0.2) is 52.5 Å². The lowest BCUT2D eigenvalue weighted by Crippen LogP contribution is -2.51. The molecule has 0 aliphatic carbocycles. The average Bonchev–Trinajstić information content (AvgIpc) is 3.05. The number of H-pyrrole nitrogens is 1. The number of carbonyl (C=O) groups is 2. The average molecular weight is 343 g/mol. The number of aromatic amines is 1. The van der Waals surface area contributed by atoms with Crippen LogP contribution in [0.15, 0.2) is 24.3 Å². The lowest BCUT2D eigenvalue weighted by molar-refractivity contribution is -0.125. The highest BCUT2D eigenvalue weighted by Gasteiger charge is 2.30. The number of aromatic nitrogens is 2. The maximum Gasteiger partial charge on any atom is 0.321 e. The van der Waals surface area contributed by atoms with E-state index >= 15 is 0 Å². The van der Waals surface area contributed by atoms with Gasteiger partial charge in [0.15, 0.2) is 0 Å². The van der Waals surface area contributed by atoms with Gasteiger partial charge < -0.3 is 10.3 Å². The molecule has 3 rings (SSSR count). The molecule has 1 aliphatic rings. The van der Waals surface area contributed by atoms with Crippen molar-refractivity contribution >= 4 is 23.0 Å². The second-order valence-corrected chi connectivity index (χ2v) is 6.50. The molecular weight excluding hydrogens is 318 g/mol. The number of rotatable bonds is 4. The van der Waals surface area contributed by atoms with Crippen molar-refractivity contribution < 1.29 is 9.59 Å². The summed E-state index contributed by atoms with van der Waals surface area (Å²) in [4.78, 5) is 34.0. The number of amides is 3. The second kappa shape index (κ2) is 7.65. The van der Waals surface area contributed by atoms with Gasteiger partial charge in [0.25, 0.3) is 0 Å². The first-order valence-corrected chi connectivity index (χ1v) is 8.86. The molecule has 1 aromatic heterocycles. The summed E-state index contributed by atoms with van der Waals surface area (Å²) in [6, 6.07) is 7.20. The Kier molecular flexibility index (Phi) is 5.33. The van der Waals surface area contributed by atoms with Crippen LogP contribution < -0.4 is 10.6 Å². The Balaban J connectivity index is 1.66. The number of imidazole rings is 1. The number of benzene rings is 1. The van der Waals surface area contributed by atoms with Crippen molar-refractivity contribution in [1.29, 1.82) is 0 Å². The van der Waals surface area contributed by atoms with Crippen molar-refractivity contribution in [1.82, 2.24) is 25.5 Å². The van der Waals surface area contributed by atoms with Crippen molar-refractivity contribution in [2.24, 2.45) is 0 Å². The third-order valence-corrected chi connectivity index (χ3v) is 4.75. The number of nitrogens with one attached hydrogen (secondary N) is 3. The Morgan fingerprint density at radius 3 is 2.96 bits per heavy atom. The number of urea groups is 1. The fraction of sp³-hybridized carbons (Fsp3) is 0.500. The van der Waals surface area contributed by atoms with Gasteiger partial charge in [0.05, 0.1) is 17.1 Å². The van der Waals surface area contributed by atoms with Crippen molar-refractivity contribution in [3.05, 3.63) is 30.1 Å². The van der Waals surface area contributed by atoms with E-state index in [2.05, 4.69) is 20.5 Å². The van der Waals surface area contributed by atoms with Crippen LogP contribution in [0.4, 0.5) is 4.79 Å². The quantitative estimate of drug-likeness (QED) is 0.792. The maximum atomic E-state index is 12.3. The number of imide groups is 1. The fourth-order valence-corrected chi connectivity index (χ4v) is 3.33. The number of hydrogen-bond donors (Lipinski definition) is 3. The van der Waals surface area contributed by atoms with Crippen LogP contribution in [0, 0.1) is 0 Å². The summed E-state index contributed by atoms with van der Waals surface area (Å²) in [5.41, 5.74) is 2.01. The highest BCUT2D eigenvalue weighted by Crippen LogP contribution is 2.27. The Morgan fingerprint density at radius 2 is 2.20 bits per heavy atom. The molecule has 1 aromatic carbocycles. The lowest BCUT2D eigenvalue weighted by atomic mass is 9.96. The zero-order valence-electron chi connectivity index (χ0n) is 14.7. The first-order chi connectivity index (χ1) is 12.1. The van der Waals surface area contributed by atoms with Crippen LogP contribution in [0.2, 0.25) is 0 Å². The number of piperidine rings is 1. The van der Waals surface area contributed by atoms with E-state index in [1.807, 2.05) is 38.1 Å². The molecular formula is C18H25N5O2. The van der Waals surface area contributed by atoms with Gasteiger partial charge in [-0.05, 0) is 45.4 Å². The van der Waals surface area contributed by atoms with Crippen LogP contribution in [0.25, 0.3) is 11.0 Å². The molecule has 3 N–H and O–H groups in total. The largest absolute Gasteiger partial charge is 0.342 e. The lowest BCUT2D eigenvalue weighted by Gasteiger charge is -2.35. The van der Waals surface area contributed by atoms with Crippen LogP contribution >= 0.6 is 0 Å². The van der Waals surface area contributed by atoms with Gasteiger partial charge in [-0.2, -0.15) is 0 Å². The molecule has 2 atom stereocenters. The van der Waals surface area contributed by atoms with E-state index < -0.39 is 6.03 Å². The molecule has 0 radical (unpaired) electrons. The van der Waals surface area contributed by atoms with Crippen molar-refractivity contribution in [2.75, 3.05) is 19.6 Å². The van der Waals surface area contributed by atoms with Gasteiger partial charge in [-0.25, -0.2) is 9.78 Å². The smallest absolute Gasteiger partial charge is 0.321 e. The van der Waals surface area contributed by atoms with Crippen LogP contribution in [0.1, 0.15) is 38.4 Å². The molecule has 3 amide bonds. The normalized spacial score (nSPS) is 19.5. The van der Waals surface area contributed by atoms with Gasteiger partial charge in [0.2, 0.25) is 5.91 Å². The molecule has 1 aliphatic heterocycles. The summed E-state index contributed by atoms with van der Waals surface area (Å²) in [5, 5.41) is 4.98. The van der Waals surface area contributed by atoms with E-state index in [-0.39, 0.29) is 17.9 Å². The van der Waals surface area contributed by atoms with Gasteiger partial charge in [-0.3, -0.25) is 15.0 Å². The zero-order valence-corrected chi connectivity index (χ0v) is 14.7. The van der Waals surface area contributed by atoms with Crippen molar-refractivity contribution in [2.45, 2.75) is 38.6 Å². The summed E-state index contributed by atoms with van der Waals surface area (Å²) in [7, 11) is 0. The van der Waals surface area contributed by atoms with Crippen LogP contribution in [-0.2, 0) is 4.79 Å². The van der Waals surface area contributed by atoms with E-state index in [4.69, 9.17) is 4.98 Å². The Labute approximate surface area is 147 Å². The fourth-order valence-electron chi connectivity index (χ4n) is 3.33. The molecule has 0 saturated carbocycles. The van der Waals surface area contributed by atoms with Gasteiger partial charge in [0, 0.05) is 19.0 Å². The molecule has 0 bridgehead atoms. The monoisotopic (exact) mass is 343 g/mol. The molecule has 134 valence electrons. The van der Waals surface area contributed by atoms with E-state index in [1.54, 1.807) is 0 Å². The molecule has 1 saturated heterocycles. The minimum atomic E-state index is -0.440.